The lowest BCUT2D eigenvalue weighted by Gasteiger charge is -2.24. The van der Waals surface area contributed by atoms with E-state index in [9.17, 15) is 4.79 Å². The molecule has 0 N–H and O–H groups in total. The Bertz CT molecular complexity index is 553. The van der Waals surface area contributed by atoms with Gasteiger partial charge in [-0.25, -0.2) is 0 Å². The zero-order valence-corrected chi connectivity index (χ0v) is 12.5. The lowest BCUT2D eigenvalue weighted by Crippen LogP contribution is -2.11. The van der Waals surface area contributed by atoms with Gasteiger partial charge < -0.3 is 0 Å². The van der Waals surface area contributed by atoms with Gasteiger partial charge in [-0.1, -0.05) is 75.4 Å². The molecule has 0 amide bonds. The molecule has 1 aliphatic rings. The van der Waals surface area contributed by atoms with E-state index >= 15 is 0 Å². The summed E-state index contributed by atoms with van der Waals surface area (Å²) < 4.78 is 0. The van der Waals surface area contributed by atoms with E-state index in [1.807, 2.05) is 30.3 Å². The molecule has 20 heavy (non-hydrogen) atoms. The molecule has 1 atom stereocenters. The van der Waals surface area contributed by atoms with Crippen LogP contribution in [0.3, 0.4) is 0 Å². The summed E-state index contributed by atoms with van der Waals surface area (Å²) in [5.41, 5.74) is 3.32. The molecular weight excluding hydrogens is 244 g/mol. The van der Waals surface area contributed by atoms with Gasteiger partial charge in [0.05, 0.1) is 0 Å². The second kappa shape index (κ2) is 6.04. The van der Waals surface area contributed by atoms with Crippen molar-refractivity contribution in [3.05, 3.63) is 65.8 Å². The second-order valence-electron chi connectivity index (χ2n) is 6.27. The van der Waals surface area contributed by atoms with Crippen LogP contribution < -0.4 is 0 Å². The Morgan fingerprint density at radius 2 is 1.90 bits per heavy atom. The van der Waals surface area contributed by atoms with Crippen molar-refractivity contribution in [1.29, 1.82) is 0 Å². The van der Waals surface area contributed by atoms with Gasteiger partial charge in [-0.15, -0.1) is 0 Å². The van der Waals surface area contributed by atoms with Gasteiger partial charge in [0, 0.05) is 5.57 Å². The number of rotatable bonds is 3. The largest absolute Gasteiger partial charge is 0.298 e. The smallest absolute Gasteiger partial charge is 0.150 e. The Labute approximate surface area is 121 Å². The van der Waals surface area contributed by atoms with Crippen LogP contribution in [0.5, 0.6) is 0 Å². The molecule has 1 aliphatic carbocycles. The van der Waals surface area contributed by atoms with E-state index in [2.05, 4.69) is 45.1 Å². The van der Waals surface area contributed by atoms with Crippen molar-refractivity contribution in [1.82, 2.24) is 0 Å². The maximum absolute atomic E-state index is 11.3. The van der Waals surface area contributed by atoms with E-state index < -0.39 is 0 Å². The maximum atomic E-state index is 11.3. The Morgan fingerprint density at radius 1 is 1.20 bits per heavy atom. The lowest BCUT2D eigenvalue weighted by molar-refractivity contribution is -0.103. The Balaban J connectivity index is 2.15. The topological polar surface area (TPSA) is 17.1 Å². The monoisotopic (exact) mass is 266 g/mol. The molecule has 0 aliphatic heterocycles. The molecule has 104 valence electrons. The minimum Gasteiger partial charge on any atom is -0.298 e. The second-order valence-corrected chi connectivity index (χ2v) is 6.27. The van der Waals surface area contributed by atoms with Gasteiger partial charge in [0.1, 0.15) is 6.29 Å². The first-order valence-electron chi connectivity index (χ1n) is 7.12. The summed E-state index contributed by atoms with van der Waals surface area (Å²) >= 11 is 0. The molecule has 0 radical (unpaired) electrons. The summed E-state index contributed by atoms with van der Waals surface area (Å²) in [5.74, 6) is 0.307. The number of hydrogen-bond donors (Lipinski definition) is 0. The molecule has 0 bridgehead atoms. The van der Waals surface area contributed by atoms with Crippen LogP contribution in [0.1, 0.15) is 32.8 Å². The summed E-state index contributed by atoms with van der Waals surface area (Å²) in [5, 5.41) is 0. The van der Waals surface area contributed by atoms with Crippen molar-refractivity contribution < 1.29 is 4.79 Å². The number of allylic oxidation sites excluding steroid dienone is 6. The number of carbonyl (C=O) groups is 1. The van der Waals surface area contributed by atoms with Crippen molar-refractivity contribution in [2.75, 3.05) is 0 Å². The summed E-state index contributed by atoms with van der Waals surface area (Å²) in [4.78, 5) is 11.3. The molecule has 1 aromatic rings. The number of aldehydes is 1. The van der Waals surface area contributed by atoms with Crippen molar-refractivity contribution >= 4 is 11.9 Å². The van der Waals surface area contributed by atoms with Gasteiger partial charge >= 0.3 is 0 Å². The van der Waals surface area contributed by atoms with Crippen LogP contribution in [0.15, 0.2) is 60.2 Å². The van der Waals surface area contributed by atoms with Crippen molar-refractivity contribution in [2.24, 2.45) is 11.3 Å². The lowest BCUT2D eigenvalue weighted by atomic mass is 9.81. The van der Waals surface area contributed by atoms with Crippen molar-refractivity contribution in [2.45, 2.75) is 27.2 Å². The van der Waals surface area contributed by atoms with Crippen molar-refractivity contribution in [3.63, 3.8) is 0 Å². The van der Waals surface area contributed by atoms with Gasteiger partial charge in [-0.05, 0) is 28.9 Å². The molecule has 1 unspecified atom stereocenters. The first kappa shape index (κ1) is 14.5. The Hall–Kier alpha value is -1.89. The van der Waals surface area contributed by atoms with E-state index in [0.29, 0.717) is 5.92 Å². The molecule has 0 heterocycles. The fourth-order valence-corrected chi connectivity index (χ4v) is 2.38. The van der Waals surface area contributed by atoms with E-state index in [4.69, 9.17) is 0 Å². The minimum absolute atomic E-state index is 0.193. The minimum atomic E-state index is 0.193. The zero-order chi connectivity index (χ0) is 14.6. The molecule has 2 rings (SSSR count). The molecule has 0 aromatic heterocycles. The van der Waals surface area contributed by atoms with Crippen LogP contribution >= 0.6 is 0 Å². The van der Waals surface area contributed by atoms with E-state index in [-0.39, 0.29) is 5.41 Å². The molecule has 0 saturated heterocycles. The van der Waals surface area contributed by atoms with Crippen LogP contribution in [0.2, 0.25) is 0 Å². The summed E-state index contributed by atoms with van der Waals surface area (Å²) in [6.07, 6.45) is 10.7. The predicted molar refractivity (Wildman–Crippen MR) is 85.3 cm³/mol. The third-order valence-corrected chi connectivity index (χ3v) is 3.63. The zero-order valence-electron chi connectivity index (χ0n) is 12.5. The molecular formula is C19H22O. The number of hydrogen-bond acceptors (Lipinski definition) is 1. The molecule has 1 heteroatoms. The highest BCUT2D eigenvalue weighted by Crippen LogP contribution is 2.31. The average molecular weight is 266 g/mol. The standard InChI is InChI=1S/C19H22O/c1-19(2,3)18-11-9-15(10-12-18)13-17(14-20)16-7-5-4-6-8-16/h4-9,11-15H,10H2,1-3H3. The third-order valence-electron chi connectivity index (χ3n) is 3.63. The first-order valence-corrected chi connectivity index (χ1v) is 7.12. The SMILES string of the molecule is CC(C)(C)C1=CCC(C=C(C=O)c2ccccc2)C=C1. The highest BCUT2D eigenvalue weighted by molar-refractivity contribution is 6.06. The van der Waals surface area contributed by atoms with Crippen LogP contribution in [0.4, 0.5) is 0 Å². The van der Waals surface area contributed by atoms with Gasteiger partial charge in [0.25, 0.3) is 0 Å². The number of benzene rings is 1. The van der Waals surface area contributed by atoms with Crippen LogP contribution in [-0.4, -0.2) is 6.29 Å². The van der Waals surface area contributed by atoms with E-state index in [1.165, 1.54) is 5.57 Å². The summed E-state index contributed by atoms with van der Waals surface area (Å²) in [6.45, 7) is 6.67. The quantitative estimate of drug-likeness (QED) is 0.566. The highest BCUT2D eigenvalue weighted by Gasteiger charge is 2.18. The van der Waals surface area contributed by atoms with E-state index in [0.717, 1.165) is 23.8 Å². The Morgan fingerprint density at radius 3 is 2.40 bits per heavy atom. The fourth-order valence-electron chi connectivity index (χ4n) is 2.38. The fraction of sp³-hybridized carbons (Fsp3) is 0.316. The van der Waals surface area contributed by atoms with Gasteiger partial charge in [0.2, 0.25) is 0 Å². The predicted octanol–water partition coefficient (Wildman–Crippen LogP) is 4.82. The van der Waals surface area contributed by atoms with Gasteiger partial charge in [-0.3, -0.25) is 4.79 Å². The summed E-state index contributed by atoms with van der Waals surface area (Å²) in [7, 11) is 0. The average Bonchev–Trinajstić information content (AvgIpc) is 2.45. The van der Waals surface area contributed by atoms with Crippen LogP contribution in [0.25, 0.3) is 5.57 Å². The molecule has 1 nitrogen and oxygen atoms in total. The summed E-state index contributed by atoms with van der Waals surface area (Å²) in [6, 6.07) is 9.83. The van der Waals surface area contributed by atoms with E-state index in [1.54, 1.807) is 0 Å². The molecule has 0 spiro atoms. The normalized spacial score (nSPS) is 19.6. The molecule has 0 saturated carbocycles. The maximum Gasteiger partial charge on any atom is 0.150 e. The van der Waals surface area contributed by atoms with Gasteiger partial charge in [0.15, 0.2) is 0 Å². The van der Waals surface area contributed by atoms with Crippen LogP contribution in [-0.2, 0) is 4.79 Å². The third kappa shape index (κ3) is 3.57. The van der Waals surface area contributed by atoms with Gasteiger partial charge in [-0.2, -0.15) is 0 Å². The molecule has 0 fully saturated rings. The molecule has 1 aromatic carbocycles. The first-order chi connectivity index (χ1) is 9.50. The number of carbonyl (C=O) groups excluding carboxylic acids is 1. The highest BCUT2D eigenvalue weighted by atomic mass is 16.1. The Kier molecular flexibility index (Phi) is 4.39. The van der Waals surface area contributed by atoms with Crippen LogP contribution in [0, 0.1) is 11.3 Å². The van der Waals surface area contributed by atoms with Crippen molar-refractivity contribution in [3.8, 4) is 0 Å².